The highest BCUT2D eigenvalue weighted by Gasteiger charge is 2.18. The summed E-state index contributed by atoms with van der Waals surface area (Å²) < 4.78 is 7.71. The Morgan fingerprint density at radius 2 is 2.04 bits per heavy atom. The van der Waals surface area contributed by atoms with Crippen LogP contribution in [0.5, 0.6) is 0 Å². The van der Waals surface area contributed by atoms with E-state index in [1.807, 2.05) is 29.7 Å². The minimum Gasteiger partial charge on any atom is -0.361 e. The summed E-state index contributed by atoms with van der Waals surface area (Å²) in [4.78, 5) is 9.05. The van der Waals surface area contributed by atoms with Gasteiger partial charge in [0.05, 0.1) is 11.3 Å². The van der Waals surface area contributed by atoms with Gasteiger partial charge in [-0.2, -0.15) is 5.26 Å². The summed E-state index contributed by atoms with van der Waals surface area (Å²) in [5.74, 6) is 0. The molecule has 0 fully saturated rings. The summed E-state index contributed by atoms with van der Waals surface area (Å²) >= 11 is 6.29. The van der Waals surface area contributed by atoms with Crippen molar-refractivity contribution in [3.8, 4) is 17.3 Å². The van der Waals surface area contributed by atoms with Crippen molar-refractivity contribution in [2.24, 2.45) is 0 Å². The number of pyridine rings is 2. The molecule has 3 heterocycles. The van der Waals surface area contributed by atoms with E-state index < -0.39 is 8.07 Å². The number of ether oxygens (including phenoxy) is 1. The summed E-state index contributed by atoms with van der Waals surface area (Å²) in [5, 5.41) is 10.8. The minimum absolute atomic E-state index is 0.344. The Labute approximate surface area is 165 Å². The molecule has 27 heavy (non-hydrogen) atoms. The molecule has 0 radical (unpaired) electrons. The largest absolute Gasteiger partial charge is 0.361 e. The molecule has 0 aliphatic heterocycles. The molecule has 3 aromatic rings. The Morgan fingerprint density at radius 1 is 1.26 bits per heavy atom. The summed E-state index contributed by atoms with van der Waals surface area (Å²) in [7, 11) is -1.15. The highest BCUT2D eigenvalue weighted by molar-refractivity contribution is 6.76. The highest BCUT2D eigenvalue weighted by atomic mass is 35.5. The monoisotopic (exact) mass is 398 g/mol. The molecular formula is C20H23ClN4OSi. The second-order valence-electron chi connectivity index (χ2n) is 7.83. The zero-order chi connectivity index (χ0) is 19.6. The van der Waals surface area contributed by atoms with E-state index in [4.69, 9.17) is 16.3 Å². The van der Waals surface area contributed by atoms with Gasteiger partial charge in [-0.3, -0.25) is 4.98 Å². The molecular weight excluding hydrogens is 376 g/mol. The lowest BCUT2D eigenvalue weighted by Gasteiger charge is -2.15. The SMILES string of the molecule is Cc1cccc(-c2cc(Cl)nc3c2c(C#N)cn3COCC[Si](C)(C)C)n1. The molecule has 0 aliphatic carbocycles. The number of rotatable bonds is 6. The lowest BCUT2D eigenvalue weighted by molar-refractivity contribution is 0.0898. The number of nitriles is 1. The quantitative estimate of drug-likeness (QED) is 0.323. The third-order valence-corrected chi connectivity index (χ3v) is 6.20. The van der Waals surface area contributed by atoms with Crippen LogP contribution in [0.4, 0.5) is 0 Å². The van der Waals surface area contributed by atoms with Crippen LogP contribution in [0.1, 0.15) is 11.3 Å². The van der Waals surface area contributed by atoms with Gasteiger partial charge in [0, 0.05) is 37.5 Å². The highest BCUT2D eigenvalue weighted by Crippen LogP contribution is 2.32. The van der Waals surface area contributed by atoms with E-state index in [0.717, 1.165) is 28.4 Å². The number of halogens is 1. The molecule has 0 saturated carbocycles. The molecule has 7 heteroatoms. The molecule has 3 aromatic heterocycles. The maximum Gasteiger partial charge on any atom is 0.145 e. The average molecular weight is 399 g/mol. The first-order valence-corrected chi connectivity index (χ1v) is 13.0. The Hall–Kier alpha value is -2.20. The van der Waals surface area contributed by atoms with Crippen molar-refractivity contribution in [2.75, 3.05) is 6.61 Å². The van der Waals surface area contributed by atoms with Gasteiger partial charge < -0.3 is 9.30 Å². The Balaban J connectivity index is 2.02. The maximum atomic E-state index is 9.64. The van der Waals surface area contributed by atoms with Crippen LogP contribution in [0.3, 0.4) is 0 Å². The predicted molar refractivity (Wildman–Crippen MR) is 112 cm³/mol. The van der Waals surface area contributed by atoms with Gasteiger partial charge in [0.15, 0.2) is 0 Å². The second-order valence-corrected chi connectivity index (χ2v) is 13.8. The lowest BCUT2D eigenvalue weighted by atomic mass is 10.1. The van der Waals surface area contributed by atoms with Crippen molar-refractivity contribution in [3.05, 3.63) is 46.9 Å². The smallest absolute Gasteiger partial charge is 0.145 e. The van der Waals surface area contributed by atoms with Crippen molar-refractivity contribution < 1.29 is 4.74 Å². The number of hydrogen-bond donors (Lipinski definition) is 0. The van der Waals surface area contributed by atoms with Crippen LogP contribution in [0.25, 0.3) is 22.3 Å². The molecule has 0 saturated heterocycles. The number of hydrogen-bond acceptors (Lipinski definition) is 4. The van der Waals surface area contributed by atoms with Crippen LogP contribution >= 0.6 is 11.6 Å². The summed E-state index contributed by atoms with van der Waals surface area (Å²) in [6.07, 6.45) is 1.78. The first-order valence-electron chi connectivity index (χ1n) is 8.90. The van der Waals surface area contributed by atoms with Gasteiger partial charge in [0.25, 0.3) is 0 Å². The van der Waals surface area contributed by atoms with Gasteiger partial charge in [-0.05, 0) is 31.2 Å². The van der Waals surface area contributed by atoms with E-state index in [2.05, 4.69) is 35.7 Å². The number of fused-ring (bicyclic) bond motifs is 1. The first kappa shape index (κ1) is 19.6. The standard InChI is InChI=1S/C20H23ClN4OSi/c1-14-6-5-7-17(23-14)16-10-18(21)24-20-19(16)15(11-22)12-25(20)13-26-8-9-27(2,3)4/h5-7,10,12H,8-9,13H2,1-4H3. The molecule has 0 unspecified atom stereocenters. The van der Waals surface area contributed by atoms with Crippen LogP contribution in [-0.2, 0) is 11.5 Å². The normalized spacial score (nSPS) is 11.7. The number of nitrogens with zero attached hydrogens (tertiary/aromatic N) is 4. The van der Waals surface area contributed by atoms with Crippen molar-refractivity contribution >= 4 is 30.7 Å². The molecule has 5 nitrogen and oxygen atoms in total. The molecule has 0 spiro atoms. The average Bonchev–Trinajstić information content (AvgIpc) is 2.95. The Morgan fingerprint density at radius 3 is 2.70 bits per heavy atom. The van der Waals surface area contributed by atoms with Crippen LogP contribution in [0.2, 0.25) is 30.8 Å². The van der Waals surface area contributed by atoms with Crippen LogP contribution in [0, 0.1) is 18.3 Å². The number of aromatic nitrogens is 3. The molecule has 140 valence electrons. The van der Waals surface area contributed by atoms with Crippen molar-refractivity contribution in [1.82, 2.24) is 14.5 Å². The van der Waals surface area contributed by atoms with Gasteiger partial charge in [-0.25, -0.2) is 4.98 Å². The fourth-order valence-corrected chi connectivity index (χ4v) is 3.82. The predicted octanol–water partition coefficient (Wildman–Crippen LogP) is 5.24. The van der Waals surface area contributed by atoms with Crippen LogP contribution in [0.15, 0.2) is 30.5 Å². The van der Waals surface area contributed by atoms with E-state index in [1.54, 1.807) is 12.3 Å². The lowest BCUT2D eigenvalue weighted by Crippen LogP contribution is -2.22. The van der Waals surface area contributed by atoms with Gasteiger partial charge in [0.1, 0.15) is 23.6 Å². The van der Waals surface area contributed by atoms with Gasteiger partial charge in [-0.15, -0.1) is 0 Å². The molecule has 0 aliphatic rings. The molecule has 0 aromatic carbocycles. The van der Waals surface area contributed by atoms with Crippen molar-refractivity contribution in [2.45, 2.75) is 39.3 Å². The molecule has 0 N–H and O–H groups in total. The van der Waals surface area contributed by atoms with Crippen LogP contribution < -0.4 is 0 Å². The van der Waals surface area contributed by atoms with Gasteiger partial charge in [-0.1, -0.05) is 37.3 Å². The second kappa shape index (κ2) is 7.81. The zero-order valence-corrected chi connectivity index (χ0v) is 17.8. The minimum atomic E-state index is -1.15. The van der Waals surface area contributed by atoms with E-state index in [9.17, 15) is 5.26 Å². The third kappa shape index (κ3) is 4.56. The maximum absolute atomic E-state index is 9.64. The van der Waals surface area contributed by atoms with Crippen molar-refractivity contribution in [1.29, 1.82) is 5.26 Å². The molecule has 0 bridgehead atoms. The van der Waals surface area contributed by atoms with Crippen molar-refractivity contribution in [3.63, 3.8) is 0 Å². The van der Waals surface area contributed by atoms with E-state index in [1.165, 1.54) is 0 Å². The summed E-state index contributed by atoms with van der Waals surface area (Å²) in [6, 6.07) is 10.9. The number of aryl methyl sites for hydroxylation is 1. The third-order valence-electron chi connectivity index (χ3n) is 4.31. The fourth-order valence-electron chi connectivity index (χ4n) is 2.88. The van der Waals surface area contributed by atoms with Crippen LogP contribution in [-0.4, -0.2) is 29.2 Å². The van der Waals surface area contributed by atoms with E-state index in [-0.39, 0.29) is 0 Å². The Bertz CT molecular complexity index is 1020. The summed E-state index contributed by atoms with van der Waals surface area (Å²) in [5.41, 5.74) is 3.68. The Kier molecular flexibility index (Phi) is 5.66. The first-order chi connectivity index (χ1) is 12.8. The van der Waals surface area contributed by atoms with E-state index >= 15 is 0 Å². The molecule has 0 amide bonds. The molecule has 0 atom stereocenters. The zero-order valence-electron chi connectivity index (χ0n) is 16.1. The fraction of sp³-hybridized carbons (Fsp3) is 0.350. The summed E-state index contributed by atoms with van der Waals surface area (Å²) in [6.45, 7) is 9.93. The van der Waals surface area contributed by atoms with Gasteiger partial charge in [0.2, 0.25) is 0 Å². The topological polar surface area (TPSA) is 63.7 Å². The van der Waals surface area contributed by atoms with Gasteiger partial charge >= 0.3 is 0 Å². The van der Waals surface area contributed by atoms with E-state index in [0.29, 0.717) is 29.7 Å². The molecule has 3 rings (SSSR count).